The number of hydrazone groups is 1. The van der Waals surface area contributed by atoms with E-state index in [1.54, 1.807) is 36.4 Å². The summed E-state index contributed by atoms with van der Waals surface area (Å²) in [6, 6.07) is 9.63. The van der Waals surface area contributed by atoms with Gasteiger partial charge < -0.3 is 4.98 Å². The fraction of sp³-hybridized carbons (Fsp3) is 0. The van der Waals surface area contributed by atoms with Gasteiger partial charge in [0.15, 0.2) is 0 Å². The molecule has 0 aliphatic carbocycles. The summed E-state index contributed by atoms with van der Waals surface area (Å²) in [6.07, 6.45) is 2.69. The summed E-state index contributed by atoms with van der Waals surface area (Å²) in [6.45, 7) is 0. The van der Waals surface area contributed by atoms with Crippen molar-refractivity contribution in [3.05, 3.63) is 79.0 Å². The van der Waals surface area contributed by atoms with Crippen LogP contribution in [-0.4, -0.2) is 17.1 Å². The Hall–Kier alpha value is -2.34. The minimum atomic E-state index is -0.639. The molecule has 0 bridgehead atoms. The number of aromatic nitrogens is 1. The van der Waals surface area contributed by atoms with Crippen molar-refractivity contribution in [1.82, 2.24) is 10.4 Å². The molecule has 2 aromatic carbocycles. The molecule has 0 radical (unpaired) electrons. The second-order valence-electron chi connectivity index (χ2n) is 5.09. The molecule has 1 heterocycles. The van der Waals surface area contributed by atoms with Gasteiger partial charge in [0.05, 0.1) is 16.8 Å². The molecule has 0 saturated heterocycles. The summed E-state index contributed by atoms with van der Waals surface area (Å²) >= 11 is 17.7. The largest absolute Gasteiger partial charge is 0.360 e. The van der Waals surface area contributed by atoms with Gasteiger partial charge in [0, 0.05) is 27.2 Å². The maximum atomic E-state index is 12.4. The van der Waals surface area contributed by atoms with Crippen molar-refractivity contribution in [3.8, 4) is 0 Å². The third-order valence-corrected chi connectivity index (χ3v) is 4.22. The van der Waals surface area contributed by atoms with Crippen LogP contribution >= 0.6 is 34.8 Å². The van der Waals surface area contributed by atoms with E-state index in [2.05, 4.69) is 15.5 Å². The predicted molar refractivity (Wildman–Crippen MR) is 101 cm³/mol. The number of halogens is 3. The average Bonchev–Trinajstić information content (AvgIpc) is 2.57. The van der Waals surface area contributed by atoms with Gasteiger partial charge >= 0.3 is 0 Å². The molecule has 5 nitrogen and oxygen atoms in total. The van der Waals surface area contributed by atoms with Crippen molar-refractivity contribution in [1.29, 1.82) is 0 Å². The molecule has 0 spiro atoms. The number of rotatable bonds is 3. The van der Waals surface area contributed by atoms with E-state index in [0.717, 1.165) is 0 Å². The van der Waals surface area contributed by atoms with E-state index >= 15 is 0 Å². The van der Waals surface area contributed by atoms with Crippen LogP contribution < -0.4 is 10.9 Å². The Morgan fingerprint density at radius 3 is 2.56 bits per heavy atom. The van der Waals surface area contributed by atoms with E-state index in [1.807, 2.05) is 0 Å². The summed E-state index contributed by atoms with van der Waals surface area (Å²) in [4.78, 5) is 27.4. The van der Waals surface area contributed by atoms with Gasteiger partial charge in [0.25, 0.3) is 5.91 Å². The minimum Gasteiger partial charge on any atom is -0.360 e. The second-order valence-corrected chi connectivity index (χ2v) is 6.37. The Bertz CT molecular complexity index is 1060. The fourth-order valence-corrected chi connectivity index (χ4v) is 2.82. The van der Waals surface area contributed by atoms with E-state index < -0.39 is 11.3 Å². The molecule has 3 aromatic rings. The van der Waals surface area contributed by atoms with Crippen LogP contribution in [0.2, 0.25) is 15.1 Å². The Morgan fingerprint density at radius 1 is 1.08 bits per heavy atom. The summed E-state index contributed by atoms with van der Waals surface area (Å²) in [5.41, 5.74) is 2.95. The molecule has 2 N–H and O–H groups in total. The highest BCUT2D eigenvalue weighted by Crippen LogP contribution is 2.19. The Balaban J connectivity index is 1.83. The van der Waals surface area contributed by atoms with Crippen LogP contribution in [0.5, 0.6) is 0 Å². The number of H-pyrrole nitrogens is 1. The lowest BCUT2D eigenvalue weighted by molar-refractivity contribution is 0.0954. The molecular weight excluding hydrogens is 385 g/mol. The first kappa shape index (κ1) is 17.5. The minimum absolute atomic E-state index is 0.0609. The van der Waals surface area contributed by atoms with E-state index in [9.17, 15) is 9.59 Å². The van der Waals surface area contributed by atoms with Gasteiger partial charge in [-0.15, -0.1) is 0 Å². The normalized spacial score (nSPS) is 11.2. The van der Waals surface area contributed by atoms with Crippen LogP contribution in [0.1, 0.15) is 15.9 Å². The number of benzene rings is 2. The monoisotopic (exact) mass is 393 g/mol. The molecule has 8 heteroatoms. The number of nitrogens with one attached hydrogen (secondary N) is 2. The van der Waals surface area contributed by atoms with Crippen LogP contribution in [0.15, 0.2) is 52.5 Å². The fourth-order valence-electron chi connectivity index (χ4n) is 2.19. The molecular formula is C17H10Cl3N3O2. The van der Waals surface area contributed by atoms with Crippen LogP contribution in [0, 0.1) is 0 Å². The number of hydrogen-bond donors (Lipinski definition) is 2. The van der Waals surface area contributed by atoms with Crippen molar-refractivity contribution >= 4 is 57.8 Å². The molecule has 0 atom stereocenters. The zero-order chi connectivity index (χ0) is 18.0. The smallest absolute Gasteiger partial charge is 0.276 e. The number of nitrogens with zero attached hydrogens (tertiary/aromatic N) is 1. The van der Waals surface area contributed by atoms with Crippen LogP contribution in [0.25, 0.3) is 10.9 Å². The number of carbonyl (C=O) groups excluding carboxylic acids is 1. The predicted octanol–water partition coefficient (Wildman–Crippen LogP) is 4.25. The van der Waals surface area contributed by atoms with Gasteiger partial charge in [-0.3, -0.25) is 9.59 Å². The molecule has 3 rings (SSSR count). The first-order chi connectivity index (χ1) is 12.0. The van der Waals surface area contributed by atoms with Crippen molar-refractivity contribution in [2.75, 3.05) is 0 Å². The highest BCUT2D eigenvalue weighted by molar-refractivity contribution is 6.36. The maximum Gasteiger partial charge on any atom is 0.276 e. The highest BCUT2D eigenvalue weighted by Gasteiger charge is 2.12. The van der Waals surface area contributed by atoms with Gasteiger partial charge in [0.2, 0.25) is 5.43 Å². The van der Waals surface area contributed by atoms with E-state index in [1.165, 1.54) is 12.4 Å². The SMILES string of the molecule is O=C(N/N=C/c1ccc(Cl)cc1Cl)c1c[nH]c2cc(Cl)ccc2c1=O. The van der Waals surface area contributed by atoms with Crippen LogP contribution in [-0.2, 0) is 0 Å². The van der Waals surface area contributed by atoms with Gasteiger partial charge in [-0.1, -0.05) is 40.9 Å². The first-order valence-electron chi connectivity index (χ1n) is 7.05. The highest BCUT2D eigenvalue weighted by atomic mass is 35.5. The van der Waals surface area contributed by atoms with Gasteiger partial charge in [-0.25, -0.2) is 5.43 Å². The third kappa shape index (κ3) is 3.85. The average molecular weight is 395 g/mol. The standard InChI is InChI=1S/C17H10Cl3N3O2/c18-10-2-1-9(14(20)5-10)7-22-23-17(25)13-8-21-15-6-11(19)3-4-12(15)16(13)24/h1-8H,(H,21,24)(H,23,25)/b22-7+. The topological polar surface area (TPSA) is 74.3 Å². The van der Waals surface area contributed by atoms with E-state index in [0.29, 0.717) is 31.5 Å². The molecule has 1 aromatic heterocycles. The lowest BCUT2D eigenvalue weighted by Crippen LogP contribution is -2.25. The summed E-state index contributed by atoms with van der Waals surface area (Å²) < 4.78 is 0. The molecule has 0 aliphatic heterocycles. The lowest BCUT2D eigenvalue weighted by atomic mass is 10.1. The molecule has 0 aliphatic rings. The molecule has 25 heavy (non-hydrogen) atoms. The van der Waals surface area contributed by atoms with Gasteiger partial charge in [-0.05, 0) is 30.3 Å². The number of aromatic amines is 1. The maximum absolute atomic E-state index is 12.4. The van der Waals surface area contributed by atoms with Gasteiger partial charge in [-0.2, -0.15) is 5.10 Å². The van der Waals surface area contributed by atoms with Crippen molar-refractivity contribution in [2.45, 2.75) is 0 Å². The first-order valence-corrected chi connectivity index (χ1v) is 8.18. The van der Waals surface area contributed by atoms with Crippen molar-refractivity contribution in [3.63, 3.8) is 0 Å². The Kier molecular flexibility index (Phi) is 5.08. The van der Waals surface area contributed by atoms with Crippen LogP contribution in [0.4, 0.5) is 0 Å². The molecule has 0 fully saturated rings. The Morgan fingerprint density at radius 2 is 1.80 bits per heavy atom. The Labute approximate surface area is 157 Å². The van der Waals surface area contributed by atoms with E-state index in [-0.39, 0.29) is 5.56 Å². The third-order valence-electron chi connectivity index (χ3n) is 3.42. The number of amides is 1. The lowest BCUT2D eigenvalue weighted by Gasteiger charge is -2.03. The zero-order valence-corrected chi connectivity index (χ0v) is 14.8. The zero-order valence-electron chi connectivity index (χ0n) is 12.5. The van der Waals surface area contributed by atoms with Gasteiger partial charge in [0.1, 0.15) is 5.56 Å². The molecule has 126 valence electrons. The summed E-state index contributed by atoms with van der Waals surface area (Å²) in [5.74, 6) is -0.639. The van der Waals surface area contributed by atoms with E-state index in [4.69, 9.17) is 34.8 Å². The van der Waals surface area contributed by atoms with Crippen molar-refractivity contribution in [2.24, 2.45) is 5.10 Å². The van der Waals surface area contributed by atoms with Crippen LogP contribution in [0.3, 0.4) is 0 Å². The number of pyridine rings is 1. The second kappa shape index (κ2) is 7.27. The molecule has 0 saturated carbocycles. The molecule has 1 amide bonds. The quantitative estimate of drug-likeness (QED) is 0.515. The van der Waals surface area contributed by atoms with Crippen molar-refractivity contribution < 1.29 is 4.79 Å². The summed E-state index contributed by atoms with van der Waals surface area (Å²) in [7, 11) is 0. The number of hydrogen-bond acceptors (Lipinski definition) is 3. The number of fused-ring (bicyclic) bond motifs is 1. The number of carbonyl (C=O) groups is 1. The summed E-state index contributed by atoms with van der Waals surface area (Å²) in [5, 5.41) is 5.56. The molecule has 0 unspecified atom stereocenters.